The average Bonchev–Trinajstić information content (AvgIpc) is 3.36. The van der Waals surface area contributed by atoms with Gasteiger partial charge in [0.05, 0.1) is 5.56 Å². The number of benzene rings is 3. The van der Waals surface area contributed by atoms with Gasteiger partial charge in [-0.25, -0.2) is 0 Å². The predicted octanol–water partition coefficient (Wildman–Crippen LogP) is 7.34. The van der Waals surface area contributed by atoms with Crippen molar-refractivity contribution in [2.45, 2.75) is 25.6 Å². The van der Waals surface area contributed by atoms with E-state index in [2.05, 4.69) is 40.9 Å². The summed E-state index contributed by atoms with van der Waals surface area (Å²) in [6, 6.07) is 21.8. The van der Waals surface area contributed by atoms with Crippen LogP contribution in [0, 0.1) is 0 Å². The average molecular weight is 418 g/mol. The van der Waals surface area contributed by atoms with Crippen LogP contribution in [0.4, 0.5) is 13.2 Å². The third kappa shape index (κ3) is 3.30. The van der Waals surface area contributed by atoms with Gasteiger partial charge in [-0.1, -0.05) is 48.5 Å². The molecule has 0 fully saturated rings. The lowest BCUT2D eigenvalue weighted by Gasteiger charge is -2.18. The minimum Gasteiger partial charge on any atom is -0.361 e. The minimum absolute atomic E-state index is 0.198. The Hall–Kier alpha value is -3.47. The number of fused-ring (bicyclic) bond motifs is 2. The summed E-state index contributed by atoms with van der Waals surface area (Å²) in [5.74, 6) is -0.198. The zero-order chi connectivity index (χ0) is 21.6. The third-order valence-corrected chi connectivity index (χ3v) is 5.97. The van der Waals surface area contributed by atoms with E-state index in [1.165, 1.54) is 12.1 Å². The highest BCUT2D eigenvalue weighted by atomic mass is 19.4. The Balaban J connectivity index is 1.77. The fourth-order valence-corrected chi connectivity index (χ4v) is 4.49. The van der Waals surface area contributed by atoms with Crippen LogP contribution in [0.3, 0.4) is 0 Å². The molecule has 156 valence electrons. The monoisotopic (exact) mass is 418 g/mol. The molecule has 0 aliphatic carbocycles. The SMILES string of the molecule is CCn1cc(C(c2ccc(C(F)(F)F)cc2)c2c[nH]c3ccccc23)c2ccccc21. The first-order valence-electron chi connectivity index (χ1n) is 10.3. The molecule has 0 saturated heterocycles. The van der Waals surface area contributed by atoms with Crippen molar-refractivity contribution in [2.24, 2.45) is 0 Å². The molecule has 5 rings (SSSR count). The molecule has 31 heavy (non-hydrogen) atoms. The number of aromatic nitrogens is 2. The molecule has 5 heteroatoms. The van der Waals surface area contributed by atoms with E-state index >= 15 is 0 Å². The molecule has 0 saturated carbocycles. The van der Waals surface area contributed by atoms with E-state index in [9.17, 15) is 13.2 Å². The van der Waals surface area contributed by atoms with Gasteiger partial charge in [0, 0.05) is 46.7 Å². The van der Waals surface area contributed by atoms with E-state index in [1.54, 1.807) is 12.1 Å². The maximum absolute atomic E-state index is 13.2. The molecule has 0 aliphatic heterocycles. The van der Waals surface area contributed by atoms with Gasteiger partial charge in [-0.2, -0.15) is 13.2 Å². The van der Waals surface area contributed by atoms with Gasteiger partial charge in [-0.15, -0.1) is 0 Å². The summed E-state index contributed by atoms with van der Waals surface area (Å²) in [6.45, 7) is 2.91. The van der Waals surface area contributed by atoms with Crippen molar-refractivity contribution >= 4 is 21.8 Å². The van der Waals surface area contributed by atoms with Gasteiger partial charge < -0.3 is 9.55 Å². The Bertz CT molecular complexity index is 1360. The minimum atomic E-state index is -4.35. The van der Waals surface area contributed by atoms with E-state index in [1.807, 2.05) is 36.5 Å². The Morgan fingerprint density at radius 2 is 1.52 bits per heavy atom. The lowest BCUT2D eigenvalue weighted by molar-refractivity contribution is -0.137. The van der Waals surface area contributed by atoms with Gasteiger partial charge >= 0.3 is 6.18 Å². The van der Waals surface area contributed by atoms with Crippen LogP contribution < -0.4 is 0 Å². The number of halogens is 3. The molecule has 0 amide bonds. The van der Waals surface area contributed by atoms with Gasteiger partial charge in [0.15, 0.2) is 0 Å². The summed E-state index contributed by atoms with van der Waals surface area (Å²) in [7, 11) is 0. The van der Waals surface area contributed by atoms with Gasteiger partial charge in [-0.3, -0.25) is 0 Å². The second-order valence-corrected chi connectivity index (χ2v) is 7.73. The lowest BCUT2D eigenvalue weighted by atomic mass is 9.84. The van der Waals surface area contributed by atoms with E-state index in [-0.39, 0.29) is 5.92 Å². The van der Waals surface area contributed by atoms with Crippen LogP contribution in [0.1, 0.15) is 35.1 Å². The first kappa shape index (κ1) is 19.5. The van der Waals surface area contributed by atoms with Crippen molar-refractivity contribution in [3.63, 3.8) is 0 Å². The Labute approximate surface area is 177 Å². The topological polar surface area (TPSA) is 20.7 Å². The van der Waals surface area contributed by atoms with Crippen LogP contribution in [-0.2, 0) is 12.7 Å². The number of nitrogens with zero attached hydrogens (tertiary/aromatic N) is 1. The summed E-state index contributed by atoms with van der Waals surface area (Å²) in [5, 5.41) is 2.18. The number of H-pyrrole nitrogens is 1. The van der Waals surface area contributed by atoms with Crippen LogP contribution >= 0.6 is 0 Å². The van der Waals surface area contributed by atoms with E-state index < -0.39 is 11.7 Å². The highest BCUT2D eigenvalue weighted by Gasteiger charge is 2.31. The zero-order valence-electron chi connectivity index (χ0n) is 16.9. The van der Waals surface area contributed by atoms with Crippen LogP contribution in [0.2, 0.25) is 0 Å². The highest BCUT2D eigenvalue weighted by Crippen LogP contribution is 2.41. The molecule has 5 aromatic rings. The number of hydrogen-bond acceptors (Lipinski definition) is 0. The van der Waals surface area contributed by atoms with Crippen LogP contribution in [0.25, 0.3) is 21.8 Å². The van der Waals surface area contributed by atoms with Crippen molar-refractivity contribution in [1.29, 1.82) is 0 Å². The molecule has 1 unspecified atom stereocenters. The summed E-state index contributed by atoms with van der Waals surface area (Å²) < 4.78 is 41.7. The lowest BCUT2D eigenvalue weighted by Crippen LogP contribution is -2.07. The van der Waals surface area contributed by atoms with Crippen molar-refractivity contribution in [2.75, 3.05) is 0 Å². The quantitative estimate of drug-likeness (QED) is 0.315. The Morgan fingerprint density at radius 1 is 0.839 bits per heavy atom. The van der Waals surface area contributed by atoms with E-state index in [0.29, 0.717) is 0 Å². The van der Waals surface area contributed by atoms with Crippen molar-refractivity contribution in [3.8, 4) is 0 Å². The fourth-order valence-electron chi connectivity index (χ4n) is 4.49. The van der Waals surface area contributed by atoms with Crippen molar-refractivity contribution in [1.82, 2.24) is 9.55 Å². The van der Waals surface area contributed by atoms with Crippen molar-refractivity contribution in [3.05, 3.63) is 107 Å². The molecule has 1 atom stereocenters. The first-order chi connectivity index (χ1) is 15.0. The molecular weight excluding hydrogens is 397 g/mol. The van der Waals surface area contributed by atoms with Gasteiger partial charge in [0.25, 0.3) is 0 Å². The number of para-hydroxylation sites is 2. The summed E-state index contributed by atoms with van der Waals surface area (Å²) >= 11 is 0. The summed E-state index contributed by atoms with van der Waals surface area (Å²) in [5.41, 5.74) is 4.46. The van der Waals surface area contributed by atoms with E-state index in [4.69, 9.17) is 0 Å². The molecule has 0 spiro atoms. The highest BCUT2D eigenvalue weighted by molar-refractivity contribution is 5.89. The zero-order valence-corrected chi connectivity index (χ0v) is 16.9. The fraction of sp³-hybridized carbons (Fsp3) is 0.154. The molecule has 3 aromatic carbocycles. The molecule has 2 heterocycles. The van der Waals surface area contributed by atoms with E-state index in [0.717, 1.165) is 45.0 Å². The number of nitrogens with one attached hydrogen (secondary N) is 1. The molecule has 0 radical (unpaired) electrons. The molecule has 2 nitrogen and oxygen atoms in total. The van der Waals surface area contributed by atoms with Gasteiger partial charge in [-0.05, 0) is 47.9 Å². The smallest absolute Gasteiger partial charge is 0.361 e. The number of aromatic amines is 1. The van der Waals surface area contributed by atoms with Crippen LogP contribution in [0.5, 0.6) is 0 Å². The normalized spacial score (nSPS) is 13.2. The second kappa shape index (κ2) is 7.34. The van der Waals surface area contributed by atoms with Gasteiger partial charge in [0.1, 0.15) is 0 Å². The van der Waals surface area contributed by atoms with Crippen molar-refractivity contribution < 1.29 is 13.2 Å². The molecule has 0 bridgehead atoms. The molecule has 1 N–H and O–H groups in total. The number of hydrogen-bond donors (Lipinski definition) is 1. The predicted molar refractivity (Wildman–Crippen MR) is 118 cm³/mol. The summed E-state index contributed by atoms with van der Waals surface area (Å²) in [6.07, 6.45) is -0.243. The van der Waals surface area contributed by atoms with Crippen LogP contribution in [0.15, 0.2) is 85.2 Å². The third-order valence-electron chi connectivity index (χ3n) is 5.97. The maximum atomic E-state index is 13.2. The molecule has 0 aliphatic rings. The number of rotatable bonds is 4. The maximum Gasteiger partial charge on any atom is 0.416 e. The standard InChI is InChI=1S/C26H21F3N2/c1-2-31-16-22(20-8-4-6-10-24(20)31)25(17-11-13-18(14-12-17)26(27,28)29)21-15-30-23-9-5-3-7-19(21)23/h3-16,25,30H,2H2,1H3. The Kier molecular flexibility index (Phi) is 4.62. The Morgan fingerprint density at radius 3 is 2.23 bits per heavy atom. The summed E-state index contributed by atoms with van der Waals surface area (Å²) in [4.78, 5) is 3.33. The number of alkyl halides is 3. The van der Waals surface area contributed by atoms with Crippen LogP contribution in [-0.4, -0.2) is 9.55 Å². The molecule has 2 aromatic heterocycles. The first-order valence-corrected chi connectivity index (χ1v) is 10.3. The van der Waals surface area contributed by atoms with Gasteiger partial charge in [0.2, 0.25) is 0 Å². The molecular formula is C26H21F3N2. The number of aryl methyl sites for hydroxylation is 1. The largest absolute Gasteiger partial charge is 0.416 e. The second-order valence-electron chi connectivity index (χ2n) is 7.73.